The molecule has 1 aliphatic heterocycles. The number of piperidine rings is 1. The van der Waals surface area contributed by atoms with E-state index < -0.39 is 5.97 Å². The standard InChI is InChI=1S/C17H24N2O3/c1-12-5-3-4-6-15(12)11-18-16(20)13(2)19-9-7-14(8-10-19)17(21)22/h3-6,13-14H,7-11H2,1-2H3,(H,18,20)(H,21,22). The number of hydrogen-bond acceptors (Lipinski definition) is 3. The molecule has 0 aromatic heterocycles. The molecule has 1 aromatic rings. The fourth-order valence-electron chi connectivity index (χ4n) is 2.84. The van der Waals surface area contributed by atoms with Gasteiger partial charge in [0.1, 0.15) is 0 Å². The number of carbonyl (C=O) groups is 2. The maximum absolute atomic E-state index is 12.3. The van der Waals surface area contributed by atoms with Crippen LogP contribution in [0.4, 0.5) is 0 Å². The quantitative estimate of drug-likeness (QED) is 0.870. The summed E-state index contributed by atoms with van der Waals surface area (Å²) in [5.41, 5.74) is 2.28. The van der Waals surface area contributed by atoms with Crippen LogP contribution in [0, 0.1) is 12.8 Å². The molecule has 0 saturated carbocycles. The van der Waals surface area contributed by atoms with Gasteiger partial charge in [-0.05, 0) is 50.9 Å². The van der Waals surface area contributed by atoms with Crippen LogP contribution in [0.15, 0.2) is 24.3 Å². The molecule has 1 amide bonds. The van der Waals surface area contributed by atoms with E-state index in [0.717, 1.165) is 11.1 Å². The zero-order valence-corrected chi connectivity index (χ0v) is 13.2. The van der Waals surface area contributed by atoms with E-state index in [1.807, 2.05) is 38.1 Å². The molecular formula is C17H24N2O3. The number of aliphatic carboxylic acids is 1. The first kappa shape index (κ1) is 16.5. The molecule has 5 heteroatoms. The Balaban J connectivity index is 1.83. The molecule has 5 nitrogen and oxygen atoms in total. The van der Waals surface area contributed by atoms with Crippen LogP contribution in [0.2, 0.25) is 0 Å². The maximum Gasteiger partial charge on any atom is 0.306 e. The lowest BCUT2D eigenvalue weighted by Crippen LogP contribution is -2.48. The Labute approximate surface area is 131 Å². The van der Waals surface area contributed by atoms with Gasteiger partial charge in [-0.1, -0.05) is 24.3 Å². The molecule has 22 heavy (non-hydrogen) atoms. The number of rotatable bonds is 5. The Hall–Kier alpha value is -1.88. The van der Waals surface area contributed by atoms with Gasteiger partial charge in [-0.2, -0.15) is 0 Å². The lowest BCUT2D eigenvalue weighted by Gasteiger charge is -2.33. The number of nitrogens with zero attached hydrogens (tertiary/aromatic N) is 1. The van der Waals surface area contributed by atoms with E-state index in [2.05, 4.69) is 10.2 Å². The summed E-state index contributed by atoms with van der Waals surface area (Å²) in [5, 5.41) is 12.0. The minimum absolute atomic E-state index is 0.00275. The zero-order chi connectivity index (χ0) is 16.1. The normalized spacial score (nSPS) is 17.9. The summed E-state index contributed by atoms with van der Waals surface area (Å²) in [5.74, 6) is -0.994. The molecule has 1 saturated heterocycles. The molecule has 1 unspecified atom stereocenters. The first-order valence-electron chi connectivity index (χ1n) is 7.78. The van der Waals surface area contributed by atoms with Crippen molar-refractivity contribution in [1.29, 1.82) is 0 Å². The second-order valence-electron chi connectivity index (χ2n) is 5.97. The maximum atomic E-state index is 12.3. The minimum Gasteiger partial charge on any atom is -0.481 e. The van der Waals surface area contributed by atoms with Crippen molar-refractivity contribution in [2.45, 2.75) is 39.3 Å². The highest BCUT2D eigenvalue weighted by Gasteiger charge is 2.29. The molecule has 1 heterocycles. The minimum atomic E-state index is -0.726. The summed E-state index contributed by atoms with van der Waals surface area (Å²) in [7, 11) is 0. The van der Waals surface area contributed by atoms with Crippen molar-refractivity contribution in [1.82, 2.24) is 10.2 Å². The summed E-state index contributed by atoms with van der Waals surface area (Å²) < 4.78 is 0. The highest BCUT2D eigenvalue weighted by atomic mass is 16.4. The van der Waals surface area contributed by atoms with Gasteiger partial charge in [-0.3, -0.25) is 14.5 Å². The molecule has 0 spiro atoms. The number of likely N-dealkylation sites (tertiary alicyclic amines) is 1. The number of nitrogens with one attached hydrogen (secondary N) is 1. The van der Waals surface area contributed by atoms with Gasteiger partial charge in [-0.25, -0.2) is 0 Å². The fraction of sp³-hybridized carbons (Fsp3) is 0.529. The van der Waals surface area contributed by atoms with E-state index in [0.29, 0.717) is 32.5 Å². The molecule has 0 radical (unpaired) electrons. The molecule has 2 N–H and O–H groups in total. The molecule has 1 fully saturated rings. The molecule has 0 aliphatic carbocycles. The Morgan fingerprint density at radius 3 is 2.55 bits per heavy atom. The van der Waals surface area contributed by atoms with Gasteiger partial charge < -0.3 is 10.4 Å². The van der Waals surface area contributed by atoms with Crippen molar-refractivity contribution in [3.8, 4) is 0 Å². The third-order valence-corrected chi connectivity index (χ3v) is 4.52. The van der Waals surface area contributed by atoms with E-state index in [1.54, 1.807) is 0 Å². The summed E-state index contributed by atoms with van der Waals surface area (Å²) >= 11 is 0. The topological polar surface area (TPSA) is 69.6 Å². The van der Waals surface area contributed by atoms with Crippen molar-refractivity contribution in [3.05, 3.63) is 35.4 Å². The Kier molecular flexibility index (Phi) is 5.55. The van der Waals surface area contributed by atoms with Gasteiger partial charge in [0.2, 0.25) is 5.91 Å². The van der Waals surface area contributed by atoms with Crippen LogP contribution in [0.25, 0.3) is 0 Å². The summed E-state index contributed by atoms with van der Waals surface area (Å²) in [4.78, 5) is 25.3. The zero-order valence-electron chi connectivity index (χ0n) is 13.2. The average molecular weight is 304 g/mol. The number of carbonyl (C=O) groups excluding carboxylic acids is 1. The molecule has 2 rings (SSSR count). The van der Waals surface area contributed by atoms with Gasteiger partial charge >= 0.3 is 5.97 Å². The van der Waals surface area contributed by atoms with Crippen molar-refractivity contribution < 1.29 is 14.7 Å². The molecular weight excluding hydrogens is 280 g/mol. The summed E-state index contributed by atoms with van der Waals surface area (Å²) in [6, 6.07) is 7.77. The second-order valence-corrected chi connectivity index (χ2v) is 5.97. The van der Waals surface area contributed by atoms with Gasteiger partial charge in [0.05, 0.1) is 12.0 Å². The van der Waals surface area contributed by atoms with Gasteiger partial charge in [0.25, 0.3) is 0 Å². The molecule has 0 bridgehead atoms. The van der Waals surface area contributed by atoms with Gasteiger partial charge in [0, 0.05) is 6.54 Å². The van der Waals surface area contributed by atoms with E-state index in [-0.39, 0.29) is 17.9 Å². The highest BCUT2D eigenvalue weighted by Crippen LogP contribution is 2.19. The Morgan fingerprint density at radius 1 is 1.32 bits per heavy atom. The number of carboxylic acids is 1. The summed E-state index contributed by atoms with van der Waals surface area (Å²) in [6.45, 7) is 5.77. The van der Waals surface area contributed by atoms with Crippen LogP contribution in [-0.4, -0.2) is 41.0 Å². The van der Waals surface area contributed by atoms with Gasteiger partial charge in [-0.15, -0.1) is 0 Å². The van der Waals surface area contributed by atoms with Crippen molar-refractivity contribution in [3.63, 3.8) is 0 Å². The number of amides is 1. The largest absolute Gasteiger partial charge is 0.481 e. The Bertz CT molecular complexity index is 536. The first-order valence-corrected chi connectivity index (χ1v) is 7.78. The summed E-state index contributed by atoms with van der Waals surface area (Å²) in [6.07, 6.45) is 1.23. The van der Waals surface area contributed by atoms with E-state index in [1.165, 1.54) is 0 Å². The van der Waals surface area contributed by atoms with Crippen LogP contribution in [0.3, 0.4) is 0 Å². The van der Waals surface area contributed by atoms with Crippen molar-refractivity contribution >= 4 is 11.9 Å². The third-order valence-electron chi connectivity index (χ3n) is 4.52. The highest BCUT2D eigenvalue weighted by molar-refractivity contribution is 5.81. The van der Waals surface area contributed by atoms with E-state index in [4.69, 9.17) is 5.11 Å². The first-order chi connectivity index (χ1) is 10.5. The second kappa shape index (κ2) is 7.40. The van der Waals surface area contributed by atoms with Crippen LogP contribution in [0.5, 0.6) is 0 Å². The van der Waals surface area contributed by atoms with Crippen molar-refractivity contribution in [2.75, 3.05) is 13.1 Å². The SMILES string of the molecule is Cc1ccccc1CNC(=O)C(C)N1CCC(C(=O)O)CC1. The molecule has 1 atom stereocenters. The van der Waals surface area contributed by atoms with Crippen LogP contribution in [-0.2, 0) is 16.1 Å². The van der Waals surface area contributed by atoms with Crippen LogP contribution >= 0.6 is 0 Å². The number of carboxylic acid groups (broad SMARTS) is 1. The number of aryl methyl sites for hydroxylation is 1. The lowest BCUT2D eigenvalue weighted by atomic mass is 9.96. The predicted molar refractivity (Wildman–Crippen MR) is 84.4 cm³/mol. The van der Waals surface area contributed by atoms with E-state index in [9.17, 15) is 9.59 Å². The third kappa shape index (κ3) is 4.07. The fourth-order valence-corrected chi connectivity index (χ4v) is 2.84. The van der Waals surface area contributed by atoms with Crippen LogP contribution in [0.1, 0.15) is 30.9 Å². The molecule has 1 aliphatic rings. The van der Waals surface area contributed by atoms with Gasteiger partial charge in [0.15, 0.2) is 0 Å². The lowest BCUT2D eigenvalue weighted by molar-refractivity contribution is -0.143. The number of hydrogen-bond donors (Lipinski definition) is 2. The average Bonchev–Trinajstić information content (AvgIpc) is 2.53. The number of benzene rings is 1. The monoisotopic (exact) mass is 304 g/mol. The van der Waals surface area contributed by atoms with Crippen LogP contribution < -0.4 is 5.32 Å². The van der Waals surface area contributed by atoms with E-state index >= 15 is 0 Å². The molecule has 120 valence electrons. The predicted octanol–water partition coefficient (Wildman–Crippen LogP) is 1.80. The Morgan fingerprint density at radius 2 is 1.95 bits per heavy atom. The molecule has 1 aromatic carbocycles. The smallest absolute Gasteiger partial charge is 0.306 e. The van der Waals surface area contributed by atoms with Crippen molar-refractivity contribution in [2.24, 2.45) is 5.92 Å².